The minimum Gasteiger partial charge on any atom is -0.338 e. The van der Waals surface area contributed by atoms with Crippen LogP contribution in [0.4, 0.5) is 9.18 Å². The standard InChI is InChI=1S/C15H18FN5O2S/c1-4-17-14(23)18-13(22)9(2)24-15-20-19-12(21(15)3)10-5-7-11(16)8-6-10/h5-9H,4H2,1-3H3,(H2,17,18,22,23)/t9-/m1/s1. The van der Waals surface area contributed by atoms with Crippen LogP contribution >= 0.6 is 11.8 Å². The Bertz CT molecular complexity index is 732. The first kappa shape index (κ1) is 17.9. The number of nitrogens with zero attached hydrogens (tertiary/aromatic N) is 3. The van der Waals surface area contributed by atoms with Gasteiger partial charge in [-0.15, -0.1) is 10.2 Å². The van der Waals surface area contributed by atoms with E-state index in [1.807, 2.05) is 0 Å². The van der Waals surface area contributed by atoms with Crippen LogP contribution in [0.5, 0.6) is 0 Å². The number of hydrogen-bond donors (Lipinski definition) is 2. The largest absolute Gasteiger partial charge is 0.338 e. The zero-order valence-electron chi connectivity index (χ0n) is 13.5. The fourth-order valence-corrected chi connectivity index (χ4v) is 2.71. The molecule has 0 aliphatic carbocycles. The third-order valence-corrected chi connectivity index (χ3v) is 4.30. The number of nitrogens with one attached hydrogen (secondary N) is 2. The number of thioether (sulfide) groups is 1. The van der Waals surface area contributed by atoms with E-state index in [1.54, 1.807) is 37.6 Å². The van der Waals surface area contributed by atoms with Crippen LogP contribution in [-0.4, -0.2) is 38.5 Å². The Morgan fingerprint density at radius 2 is 1.96 bits per heavy atom. The second-order valence-electron chi connectivity index (χ2n) is 4.98. The van der Waals surface area contributed by atoms with E-state index in [2.05, 4.69) is 20.8 Å². The molecule has 2 rings (SSSR count). The summed E-state index contributed by atoms with van der Waals surface area (Å²) < 4.78 is 14.7. The van der Waals surface area contributed by atoms with Crippen molar-refractivity contribution in [2.24, 2.45) is 7.05 Å². The van der Waals surface area contributed by atoms with Gasteiger partial charge in [0.15, 0.2) is 11.0 Å². The molecular formula is C15H18FN5O2S. The molecule has 0 fully saturated rings. The van der Waals surface area contributed by atoms with Gasteiger partial charge in [-0.3, -0.25) is 10.1 Å². The van der Waals surface area contributed by atoms with Crippen molar-refractivity contribution >= 4 is 23.7 Å². The molecule has 0 bridgehead atoms. The van der Waals surface area contributed by atoms with Crippen LogP contribution in [0.25, 0.3) is 11.4 Å². The number of urea groups is 1. The smallest absolute Gasteiger partial charge is 0.321 e. The summed E-state index contributed by atoms with van der Waals surface area (Å²) in [6.07, 6.45) is 0. The number of imide groups is 1. The maximum Gasteiger partial charge on any atom is 0.321 e. The lowest BCUT2D eigenvalue weighted by Crippen LogP contribution is -2.42. The number of hydrogen-bond acceptors (Lipinski definition) is 5. The van der Waals surface area contributed by atoms with Gasteiger partial charge in [-0.2, -0.15) is 0 Å². The maximum absolute atomic E-state index is 13.0. The van der Waals surface area contributed by atoms with Gasteiger partial charge in [0.2, 0.25) is 5.91 Å². The second kappa shape index (κ2) is 7.91. The highest BCUT2D eigenvalue weighted by molar-refractivity contribution is 8.00. The van der Waals surface area contributed by atoms with Crippen molar-refractivity contribution < 1.29 is 14.0 Å². The molecule has 2 aromatic rings. The van der Waals surface area contributed by atoms with Crippen molar-refractivity contribution in [3.05, 3.63) is 30.1 Å². The summed E-state index contributed by atoms with van der Waals surface area (Å²) >= 11 is 1.18. The quantitative estimate of drug-likeness (QED) is 0.804. The molecule has 1 aromatic carbocycles. The van der Waals surface area contributed by atoms with Gasteiger partial charge in [0.1, 0.15) is 5.82 Å². The molecule has 3 amide bonds. The molecule has 9 heteroatoms. The van der Waals surface area contributed by atoms with Gasteiger partial charge in [-0.1, -0.05) is 11.8 Å². The summed E-state index contributed by atoms with van der Waals surface area (Å²) in [5, 5.41) is 12.9. The predicted octanol–water partition coefficient (Wildman–Crippen LogP) is 1.95. The summed E-state index contributed by atoms with van der Waals surface area (Å²) in [5.41, 5.74) is 0.720. The van der Waals surface area contributed by atoms with Crippen molar-refractivity contribution in [3.8, 4) is 11.4 Å². The minimum atomic E-state index is -0.531. The Morgan fingerprint density at radius 1 is 1.29 bits per heavy atom. The van der Waals surface area contributed by atoms with Gasteiger partial charge in [0, 0.05) is 19.2 Å². The molecular weight excluding hydrogens is 333 g/mol. The fraction of sp³-hybridized carbons (Fsp3) is 0.333. The summed E-state index contributed by atoms with van der Waals surface area (Å²) in [7, 11) is 1.76. The Labute approximate surface area is 143 Å². The average Bonchev–Trinajstić information content (AvgIpc) is 2.89. The molecule has 0 saturated heterocycles. The molecule has 24 heavy (non-hydrogen) atoms. The molecule has 0 spiro atoms. The first-order valence-electron chi connectivity index (χ1n) is 7.33. The third-order valence-electron chi connectivity index (χ3n) is 3.16. The monoisotopic (exact) mass is 351 g/mol. The molecule has 0 aliphatic heterocycles. The highest BCUT2D eigenvalue weighted by Crippen LogP contribution is 2.25. The van der Waals surface area contributed by atoms with Gasteiger partial charge >= 0.3 is 6.03 Å². The molecule has 1 heterocycles. The maximum atomic E-state index is 13.0. The minimum absolute atomic E-state index is 0.328. The van der Waals surface area contributed by atoms with Gasteiger partial charge in [-0.25, -0.2) is 9.18 Å². The Balaban J connectivity index is 2.07. The van der Waals surface area contributed by atoms with Crippen LogP contribution in [0.1, 0.15) is 13.8 Å². The number of benzene rings is 1. The lowest BCUT2D eigenvalue weighted by atomic mass is 10.2. The topological polar surface area (TPSA) is 88.9 Å². The van der Waals surface area contributed by atoms with E-state index in [4.69, 9.17) is 0 Å². The molecule has 1 aromatic heterocycles. The fourth-order valence-electron chi connectivity index (χ4n) is 1.90. The number of amides is 3. The molecule has 1 atom stereocenters. The lowest BCUT2D eigenvalue weighted by molar-refractivity contribution is -0.119. The SMILES string of the molecule is CCNC(=O)NC(=O)[C@@H](C)Sc1nnc(-c2ccc(F)cc2)n1C. The second-order valence-corrected chi connectivity index (χ2v) is 6.29. The van der Waals surface area contributed by atoms with E-state index in [0.29, 0.717) is 17.5 Å². The number of carbonyl (C=O) groups is 2. The highest BCUT2D eigenvalue weighted by Gasteiger charge is 2.20. The predicted molar refractivity (Wildman–Crippen MR) is 88.9 cm³/mol. The van der Waals surface area contributed by atoms with Gasteiger partial charge < -0.3 is 9.88 Å². The van der Waals surface area contributed by atoms with E-state index >= 15 is 0 Å². The van der Waals surface area contributed by atoms with Gasteiger partial charge in [-0.05, 0) is 38.1 Å². The van der Waals surface area contributed by atoms with Crippen molar-refractivity contribution in [1.82, 2.24) is 25.4 Å². The van der Waals surface area contributed by atoms with Crippen molar-refractivity contribution in [2.45, 2.75) is 24.3 Å². The zero-order valence-corrected chi connectivity index (χ0v) is 14.4. The lowest BCUT2D eigenvalue weighted by Gasteiger charge is -2.11. The van der Waals surface area contributed by atoms with Crippen LogP contribution in [0, 0.1) is 5.82 Å². The van der Waals surface area contributed by atoms with E-state index in [1.165, 1.54) is 23.9 Å². The summed E-state index contributed by atoms with van der Waals surface area (Å²) in [6, 6.07) is 5.39. The number of aromatic nitrogens is 3. The van der Waals surface area contributed by atoms with E-state index in [-0.39, 0.29) is 5.82 Å². The molecule has 0 aliphatic rings. The first-order chi connectivity index (χ1) is 11.4. The average molecular weight is 351 g/mol. The van der Waals surface area contributed by atoms with Crippen LogP contribution in [-0.2, 0) is 11.8 Å². The van der Waals surface area contributed by atoms with Crippen LogP contribution in [0.15, 0.2) is 29.4 Å². The first-order valence-corrected chi connectivity index (χ1v) is 8.21. The summed E-state index contributed by atoms with van der Waals surface area (Å²) in [4.78, 5) is 23.3. The van der Waals surface area contributed by atoms with Gasteiger partial charge in [0.05, 0.1) is 5.25 Å². The van der Waals surface area contributed by atoms with Crippen molar-refractivity contribution in [2.75, 3.05) is 6.54 Å². The van der Waals surface area contributed by atoms with Crippen LogP contribution in [0.3, 0.4) is 0 Å². The van der Waals surface area contributed by atoms with Crippen LogP contribution < -0.4 is 10.6 Å². The summed E-state index contributed by atoms with van der Waals surface area (Å²) in [6.45, 7) is 3.87. The highest BCUT2D eigenvalue weighted by atomic mass is 32.2. The Morgan fingerprint density at radius 3 is 2.58 bits per heavy atom. The number of carbonyl (C=O) groups excluding carboxylic acids is 2. The Hall–Kier alpha value is -2.42. The molecule has 7 nitrogen and oxygen atoms in total. The molecule has 128 valence electrons. The van der Waals surface area contributed by atoms with Crippen molar-refractivity contribution in [3.63, 3.8) is 0 Å². The number of rotatable bonds is 5. The van der Waals surface area contributed by atoms with Gasteiger partial charge in [0.25, 0.3) is 0 Å². The zero-order chi connectivity index (χ0) is 17.7. The number of halogens is 1. The van der Waals surface area contributed by atoms with E-state index in [0.717, 1.165) is 5.56 Å². The molecule has 0 unspecified atom stereocenters. The summed E-state index contributed by atoms with van der Waals surface area (Å²) in [5.74, 6) is -0.183. The van der Waals surface area contributed by atoms with Crippen molar-refractivity contribution in [1.29, 1.82) is 0 Å². The normalized spacial score (nSPS) is 11.8. The molecule has 2 N–H and O–H groups in total. The van der Waals surface area contributed by atoms with E-state index < -0.39 is 17.2 Å². The Kier molecular flexibility index (Phi) is 5.91. The van der Waals surface area contributed by atoms with Crippen LogP contribution in [0.2, 0.25) is 0 Å². The molecule has 0 saturated carbocycles. The third kappa shape index (κ3) is 4.31. The van der Waals surface area contributed by atoms with E-state index in [9.17, 15) is 14.0 Å². The molecule has 0 radical (unpaired) electrons.